The van der Waals surface area contributed by atoms with Gasteiger partial charge in [-0.1, -0.05) is 23.7 Å². The monoisotopic (exact) mass is 426 g/mol. The number of rotatable bonds is 6. The maximum Gasteiger partial charge on any atom is 0.230 e. The van der Waals surface area contributed by atoms with Gasteiger partial charge in [-0.15, -0.1) is 0 Å². The predicted molar refractivity (Wildman–Crippen MR) is 118 cm³/mol. The van der Waals surface area contributed by atoms with Gasteiger partial charge < -0.3 is 9.47 Å². The van der Waals surface area contributed by atoms with Crippen LogP contribution < -0.4 is 0 Å². The van der Waals surface area contributed by atoms with Crippen LogP contribution in [0.4, 0.5) is 0 Å². The average Bonchev–Trinajstić information content (AvgIpc) is 3.13. The fourth-order valence-corrected chi connectivity index (χ4v) is 5.54. The van der Waals surface area contributed by atoms with Crippen LogP contribution in [-0.4, -0.2) is 51.4 Å². The topological polar surface area (TPSA) is 41.4 Å². The summed E-state index contributed by atoms with van der Waals surface area (Å²) in [6.07, 6.45) is 7.58. The summed E-state index contributed by atoms with van der Waals surface area (Å²) in [5, 5.41) is 0.765. The molecule has 1 saturated carbocycles. The van der Waals surface area contributed by atoms with E-state index < -0.39 is 0 Å². The Morgan fingerprint density at radius 2 is 2.13 bits per heavy atom. The minimum absolute atomic E-state index is 0.147. The highest BCUT2D eigenvalue weighted by Gasteiger charge is 2.58. The maximum absolute atomic E-state index is 13.7. The van der Waals surface area contributed by atoms with Gasteiger partial charge in [0.25, 0.3) is 0 Å². The van der Waals surface area contributed by atoms with Crippen molar-refractivity contribution >= 4 is 17.5 Å². The SMILES string of the molecule is CC(C)n1cnc(C2CN(Cc3cccc(Cl)c3)CC23CCN(CC2CC2)C3=O)c1. The summed E-state index contributed by atoms with van der Waals surface area (Å²) < 4.78 is 2.16. The highest BCUT2D eigenvalue weighted by Crippen LogP contribution is 2.50. The standard InChI is InChI=1S/C24H31ClN4O/c1-17(2)29-14-22(26-16-29)21-13-27(11-19-4-3-5-20(25)10-19)15-24(21)8-9-28(23(24)30)12-18-6-7-18/h3-5,10,14,16-18,21H,6-9,11-13,15H2,1-2H3. The molecule has 5 rings (SSSR count). The molecule has 30 heavy (non-hydrogen) atoms. The molecule has 2 atom stereocenters. The number of imidazole rings is 1. The molecule has 1 aliphatic carbocycles. The zero-order valence-electron chi connectivity index (χ0n) is 17.9. The Balaban J connectivity index is 1.43. The Hall–Kier alpha value is -1.85. The smallest absolute Gasteiger partial charge is 0.230 e. The van der Waals surface area contributed by atoms with Crippen molar-refractivity contribution in [1.82, 2.24) is 19.4 Å². The van der Waals surface area contributed by atoms with Gasteiger partial charge in [0.2, 0.25) is 5.91 Å². The van der Waals surface area contributed by atoms with Crippen molar-refractivity contribution in [1.29, 1.82) is 0 Å². The molecule has 1 amide bonds. The van der Waals surface area contributed by atoms with Gasteiger partial charge in [-0.2, -0.15) is 0 Å². The largest absolute Gasteiger partial charge is 0.342 e. The second-order valence-electron chi connectivity index (χ2n) is 9.79. The molecule has 0 radical (unpaired) electrons. The summed E-state index contributed by atoms with van der Waals surface area (Å²) in [4.78, 5) is 23.1. The first-order chi connectivity index (χ1) is 14.4. The molecule has 2 unspecified atom stereocenters. The summed E-state index contributed by atoms with van der Waals surface area (Å²) in [6, 6.07) is 8.44. The summed E-state index contributed by atoms with van der Waals surface area (Å²) in [5.74, 6) is 1.23. The van der Waals surface area contributed by atoms with Crippen molar-refractivity contribution in [2.75, 3.05) is 26.2 Å². The van der Waals surface area contributed by atoms with E-state index in [1.165, 1.54) is 18.4 Å². The zero-order valence-corrected chi connectivity index (χ0v) is 18.7. The van der Waals surface area contributed by atoms with Crippen molar-refractivity contribution in [2.45, 2.75) is 51.6 Å². The molecule has 1 aromatic heterocycles. The Morgan fingerprint density at radius 1 is 1.30 bits per heavy atom. The molecule has 3 aliphatic rings. The van der Waals surface area contributed by atoms with E-state index in [1.807, 2.05) is 24.5 Å². The molecule has 160 valence electrons. The lowest BCUT2D eigenvalue weighted by atomic mass is 9.75. The van der Waals surface area contributed by atoms with Crippen molar-refractivity contribution in [2.24, 2.45) is 11.3 Å². The van der Waals surface area contributed by atoms with Crippen molar-refractivity contribution in [3.8, 4) is 0 Å². The fraction of sp³-hybridized carbons (Fsp3) is 0.583. The third-order valence-electron chi connectivity index (χ3n) is 7.20. The number of aromatic nitrogens is 2. The number of hydrogen-bond acceptors (Lipinski definition) is 3. The summed E-state index contributed by atoms with van der Waals surface area (Å²) >= 11 is 6.21. The Kier molecular flexibility index (Phi) is 5.14. The molecule has 2 saturated heterocycles. The molecule has 2 aliphatic heterocycles. The van der Waals surface area contributed by atoms with Gasteiger partial charge in [-0.05, 0) is 56.7 Å². The van der Waals surface area contributed by atoms with E-state index in [9.17, 15) is 4.79 Å². The van der Waals surface area contributed by atoms with E-state index in [1.54, 1.807) is 0 Å². The summed E-state index contributed by atoms with van der Waals surface area (Å²) in [5.41, 5.74) is 1.93. The first kappa shape index (κ1) is 20.1. The minimum atomic E-state index is -0.344. The number of amides is 1. The van der Waals surface area contributed by atoms with Gasteiger partial charge >= 0.3 is 0 Å². The van der Waals surface area contributed by atoms with Gasteiger partial charge in [0.1, 0.15) is 0 Å². The fourth-order valence-electron chi connectivity index (χ4n) is 5.33. The van der Waals surface area contributed by atoms with Crippen LogP contribution in [-0.2, 0) is 11.3 Å². The molecule has 0 bridgehead atoms. The van der Waals surface area contributed by atoms with Gasteiger partial charge in [-0.25, -0.2) is 4.98 Å². The number of carbonyl (C=O) groups excluding carboxylic acids is 1. The van der Waals surface area contributed by atoms with E-state index >= 15 is 0 Å². The molecule has 2 aromatic rings. The lowest BCUT2D eigenvalue weighted by Crippen LogP contribution is -2.40. The average molecular weight is 427 g/mol. The van der Waals surface area contributed by atoms with Crippen molar-refractivity contribution in [3.05, 3.63) is 53.1 Å². The number of halogens is 1. The quantitative estimate of drug-likeness (QED) is 0.689. The molecule has 5 nitrogen and oxygen atoms in total. The first-order valence-electron chi connectivity index (χ1n) is 11.2. The van der Waals surface area contributed by atoms with Crippen LogP contribution in [0.1, 0.15) is 56.3 Å². The van der Waals surface area contributed by atoms with Crippen LogP contribution in [0.3, 0.4) is 0 Å². The Morgan fingerprint density at radius 3 is 2.83 bits per heavy atom. The minimum Gasteiger partial charge on any atom is -0.342 e. The van der Waals surface area contributed by atoms with E-state index in [4.69, 9.17) is 16.6 Å². The normalized spacial score (nSPS) is 27.1. The Labute approximate surface area is 184 Å². The molecular weight excluding hydrogens is 396 g/mol. The molecule has 6 heteroatoms. The number of carbonyl (C=O) groups is 1. The highest BCUT2D eigenvalue weighted by molar-refractivity contribution is 6.30. The molecule has 0 N–H and O–H groups in total. The lowest BCUT2D eigenvalue weighted by Gasteiger charge is -2.28. The highest BCUT2D eigenvalue weighted by atomic mass is 35.5. The summed E-state index contributed by atoms with van der Waals surface area (Å²) in [6.45, 7) is 8.66. The van der Waals surface area contributed by atoms with E-state index in [-0.39, 0.29) is 11.3 Å². The molecular formula is C24H31ClN4O. The second-order valence-corrected chi connectivity index (χ2v) is 10.2. The second kappa shape index (κ2) is 7.69. The summed E-state index contributed by atoms with van der Waals surface area (Å²) in [7, 11) is 0. The molecule has 1 spiro atoms. The van der Waals surface area contributed by atoms with E-state index in [0.717, 1.165) is 55.8 Å². The first-order valence-corrected chi connectivity index (χ1v) is 11.6. The predicted octanol–water partition coefficient (Wildman–Crippen LogP) is 4.35. The zero-order chi connectivity index (χ0) is 20.9. The molecule has 1 aromatic carbocycles. The van der Waals surface area contributed by atoms with Crippen LogP contribution in [0.5, 0.6) is 0 Å². The van der Waals surface area contributed by atoms with E-state index in [0.29, 0.717) is 11.9 Å². The number of nitrogens with zero attached hydrogens (tertiary/aromatic N) is 4. The van der Waals surface area contributed by atoms with E-state index in [2.05, 4.69) is 40.5 Å². The van der Waals surface area contributed by atoms with Crippen LogP contribution in [0, 0.1) is 11.3 Å². The third kappa shape index (κ3) is 3.67. The molecule has 3 heterocycles. The Bertz CT molecular complexity index is 937. The van der Waals surface area contributed by atoms with Crippen LogP contribution in [0.15, 0.2) is 36.8 Å². The molecule has 3 fully saturated rings. The van der Waals surface area contributed by atoms with Crippen LogP contribution in [0.25, 0.3) is 0 Å². The van der Waals surface area contributed by atoms with Gasteiger partial charge in [0, 0.05) is 55.9 Å². The lowest BCUT2D eigenvalue weighted by molar-refractivity contribution is -0.136. The van der Waals surface area contributed by atoms with Gasteiger partial charge in [0.15, 0.2) is 0 Å². The van der Waals surface area contributed by atoms with Crippen LogP contribution >= 0.6 is 11.6 Å². The van der Waals surface area contributed by atoms with Crippen molar-refractivity contribution < 1.29 is 4.79 Å². The van der Waals surface area contributed by atoms with Crippen molar-refractivity contribution in [3.63, 3.8) is 0 Å². The number of benzene rings is 1. The maximum atomic E-state index is 13.7. The third-order valence-corrected chi connectivity index (χ3v) is 7.44. The number of likely N-dealkylation sites (tertiary alicyclic amines) is 2. The van der Waals surface area contributed by atoms with Gasteiger partial charge in [-0.3, -0.25) is 9.69 Å². The van der Waals surface area contributed by atoms with Gasteiger partial charge in [0.05, 0.1) is 17.4 Å². The number of hydrogen-bond donors (Lipinski definition) is 0. The van der Waals surface area contributed by atoms with Crippen LogP contribution in [0.2, 0.25) is 5.02 Å².